The molecule has 2 N–H and O–H groups in total. The monoisotopic (exact) mass is 698 g/mol. The Bertz CT molecular complexity index is 1640. The summed E-state index contributed by atoms with van der Waals surface area (Å²) in [5.41, 5.74) is 0.976. The maximum absolute atomic E-state index is 15.2. The third-order valence-electron chi connectivity index (χ3n) is 11.1. The van der Waals surface area contributed by atoms with E-state index >= 15 is 4.79 Å². The highest BCUT2D eigenvalue weighted by Gasteiger charge is 2.74. The summed E-state index contributed by atoms with van der Waals surface area (Å²) in [6.07, 6.45) is 7.70. The first-order valence-electron chi connectivity index (χ1n) is 18.3. The second-order valence-electron chi connectivity index (χ2n) is 13.9. The predicted molar refractivity (Wildman–Crippen MR) is 194 cm³/mol. The fraction of sp³-hybridized carbons (Fsp3) is 0.500. The molecule has 0 radical (unpaired) electrons. The lowest BCUT2D eigenvalue weighted by molar-refractivity contribution is -0.147. The molecule has 1 spiro atoms. The van der Waals surface area contributed by atoms with Crippen molar-refractivity contribution in [2.24, 2.45) is 17.8 Å². The Morgan fingerprint density at radius 1 is 0.980 bits per heavy atom. The zero-order chi connectivity index (χ0) is 36.3. The van der Waals surface area contributed by atoms with E-state index in [1.165, 1.54) is 4.90 Å². The highest BCUT2D eigenvalue weighted by atomic mass is 16.5. The van der Waals surface area contributed by atoms with Crippen LogP contribution in [-0.4, -0.2) is 90.3 Å². The molecule has 2 fully saturated rings. The number of aliphatic hydroxyl groups is 1. The minimum Gasteiger partial charge on any atom is -0.463 e. The highest BCUT2D eigenvalue weighted by molar-refractivity contribution is 6.06. The Hall–Kier alpha value is -4.48. The molecule has 2 aromatic rings. The summed E-state index contributed by atoms with van der Waals surface area (Å²) >= 11 is 0. The predicted octanol–water partition coefficient (Wildman–Crippen LogP) is 4.17. The summed E-state index contributed by atoms with van der Waals surface area (Å²) < 4.78 is 12.3. The van der Waals surface area contributed by atoms with E-state index in [2.05, 4.69) is 24.1 Å². The zero-order valence-corrected chi connectivity index (χ0v) is 29.9. The van der Waals surface area contributed by atoms with E-state index in [-0.39, 0.29) is 38.0 Å². The second-order valence-corrected chi connectivity index (χ2v) is 13.9. The number of cyclic esters (lactones) is 1. The molecule has 4 heterocycles. The maximum atomic E-state index is 15.2. The number of benzene rings is 2. The molecule has 4 aliphatic heterocycles. The van der Waals surface area contributed by atoms with Gasteiger partial charge in [-0.2, -0.15) is 0 Å². The van der Waals surface area contributed by atoms with Gasteiger partial charge >= 0.3 is 5.97 Å². The van der Waals surface area contributed by atoms with Gasteiger partial charge in [0.25, 0.3) is 5.91 Å². The fourth-order valence-electron chi connectivity index (χ4n) is 8.18. The Morgan fingerprint density at radius 3 is 2.37 bits per heavy atom. The Morgan fingerprint density at radius 2 is 1.71 bits per heavy atom. The van der Waals surface area contributed by atoms with Crippen LogP contribution in [-0.2, 0) is 28.7 Å². The van der Waals surface area contributed by atoms with Gasteiger partial charge < -0.3 is 34.6 Å². The van der Waals surface area contributed by atoms with Gasteiger partial charge in [-0.1, -0.05) is 74.9 Å². The molecular formula is C40H50N4O7. The van der Waals surface area contributed by atoms with Gasteiger partial charge in [0.2, 0.25) is 11.8 Å². The maximum Gasteiger partial charge on any atom is 0.306 e. The molecule has 3 amide bonds. The van der Waals surface area contributed by atoms with Gasteiger partial charge in [-0.05, 0) is 56.0 Å². The summed E-state index contributed by atoms with van der Waals surface area (Å²) in [5, 5.41) is 13.8. The number of rotatable bonds is 9. The van der Waals surface area contributed by atoms with Crippen molar-refractivity contribution in [2.45, 2.75) is 76.8 Å². The molecule has 6 rings (SSSR count). The summed E-state index contributed by atoms with van der Waals surface area (Å²) in [6, 6.07) is 14.5. The van der Waals surface area contributed by atoms with Crippen LogP contribution < -0.4 is 15.1 Å². The van der Waals surface area contributed by atoms with Crippen LogP contribution in [0.5, 0.6) is 0 Å². The molecule has 272 valence electrons. The molecule has 8 atom stereocenters. The number of fused-ring (bicyclic) bond motifs is 2. The number of hydrogen-bond donors (Lipinski definition) is 2. The van der Waals surface area contributed by atoms with E-state index in [0.717, 1.165) is 24.3 Å². The lowest BCUT2D eigenvalue weighted by atomic mass is 9.74. The molecule has 0 unspecified atom stereocenters. The molecule has 11 nitrogen and oxygen atoms in total. The number of ether oxygens (including phenoxy) is 2. The second kappa shape index (κ2) is 15.4. The molecule has 51 heavy (non-hydrogen) atoms. The lowest BCUT2D eigenvalue weighted by Crippen LogP contribution is -2.59. The molecule has 0 saturated carbocycles. The smallest absolute Gasteiger partial charge is 0.306 e. The number of hydrogen-bond acceptors (Lipinski definition) is 8. The number of amides is 3. The number of likely N-dealkylation sites (tertiary alicyclic amines) is 1. The minimum atomic E-state index is -1.42. The van der Waals surface area contributed by atoms with E-state index in [1.807, 2.05) is 80.6 Å². The van der Waals surface area contributed by atoms with Crippen LogP contribution in [0.1, 0.15) is 58.6 Å². The van der Waals surface area contributed by atoms with Crippen molar-refractivity contribution in [2.75, 3.05) is 42.6 Å². The third kappa shape index (κ3) is 6.69. The highest BCUT2D eigenvalue weighted by Crippen LogP contribution is 2.56. The van der Waals surface area contributed by atoms with Crippen molar-refractivity contribution in [1.82, 2.24) is 10.2 Å². The van der Waals surface area contributed by atoms with Gasteiger partial charge in [0.15, 0.2) is 0 Å². The molecule has 11 heteroatoms. The van der Waals surface area contributed by atoms with Crippen LogP contribution in [0.25, 0.3) is 0 Å². The summed E-state index contributed by atoms with van der Waals surface area (Å²) in [7, 11) is 0. The first-order chi connectivity index (χ1) is 24.7. The summed E-state index contributed by atoms with van der Waals surface area (Å²) in [5.74, 6) is -3.69. The number of esters is 1. The largest absolute Gasteiger partial charge is 0.463 e. The average Bonchev–Trinajstić information content (AvgIpc) is 3.80. The molecule has 2 saturated heterocycles. The number of nitrogens with zero attached hydrogens (tertiary/aromatic N) is 3. The van der Waals surface area contributed by atoms with Crippen LogP contribution in [0.4, 0.5) is 11.4 Å². The number of allylic oxidation sites excluding steroid dienone is 1. The Kier molecular flexibility index (Phi) is 11.0. The van der Waals surface area contributed by atoms with E-state index in [0.29, 0.717) is 18.5 Å². The zero-order valence-electron chi connectivity index (χ0n) is 29.9. The van der Waals surface area contributed by atoms with Crippen LogP contribution >= 0.6 is 0 Å². The summed E-state index contributed by atoms with van der Waals surface area (Å²) in [6.45, 7) is 9.51. The van der Waals surface area contributed by atoms with Crippen molar-refractivity contribution in [3.8, 4) is 0 Å². The van der Waals surface area contributed by atoms with Gasteiger partial charge in [-0.25, -0.2) is 0 Å². The van der Waals surface area contributed by atoms with Crippen LogP contribution in [0.2, 0.25) is 0 Å². The number of nitrogens with one attached hydrogen (secondary N) is 1. The van der Waals surface area contributed by atoms with E-state index in [1.54, 1.807) is 17.1 Å². The number of carbonyl (C=O) groups is 4. The van der Waals surface area contributed by atoms with E-state index < -0.39 is 59.5 Å². The molecular weight excluding hydrogens is 648 g/mol. The standard InChI is InChI=1S/C40H50N4O7/c1-5-26(4)31(24-45)44-36-39(49)43(29-19-17-28(18-20-29)42(6-2)7-3)23-13-9-12-16-33(46)50-25-30(27-14-10-8-11-15-27)41-37(47)34-32-21-22-40(36,51-32)35(34)38(44)48/h8-11,13-15,17-22,26,30-32,34-36,45H,5-7,12,16,23-25H2,1-4H3,(H,41,47)/b13-9-/t26-,30-,31-,32-,34+,35+,36-,40+/m0/s1. The van der Waals surface area contributed by atoms with Crippen LogP contribution in [0.15, 0.2) is 78.9 Å². The fourth-order valence-corrected chi connectivity index (χ4v) is 8.18. The molecule has 0 aliphatic carbocycles. The number of aliphatic hydroxyl groups excluding tert-OH is 1. The van der Waals surface area contributed by atoms with Gasteiger partial charge in [0, 0.05) is 37.4 Å². The Labute approximate surface area is 300 Å². The van der Waals surface area contributed by atoms with E-state index in [4.69, 9.17) is 9.47 Å². The van der Waals surface area contributed by atoms with Crippen molar-refractivity contribution in [1.29, 1.82) is 0 Å². The quantitative estimate of drug-likeness (QED) is 0.295. The first-order valence-corrected chi connectivity index (χ1v) is 18.3. The van der Waals surface area contributed by atoms with Crippen molar-refractivity contribution >= 4 is 35.1 Å². The first kappa shape index (κ1) is 36.3. The van der Waals surface area contributed by atoms with Crippen molar-refractivity contribution < 1.29 is 33.8 Å². The Balaban J connectivity index is 1.46. The van der Waals surface area contributed by atoms with E-state index in [9.17, 15) is 19.5 Å². The summed E-state index contributed by atoms with van der Waals surface area (Å²) in [4.78, 5) is 62.6. The van der Waals surface area contributed by atoms with Crippen LogP contribution in [0, 0.1) is 17.8 Å². The molecule has 2 aromatic carbocycles. The topological polar surface area (TPSA) is 129 Å². The third-order valence-corrected chi connectivity index (χ3v) is 11.1. The molecule has 5 bridgehead atoms. The minimum absolute atomic E-state index is 0.0821. The average molecular weight is 699 g/mol. The van der Waals surface area contributed by atoms with Crippen LogP contribution in [0.3, 0.4) is 0 Å². The van der Waals surface area contributed by atoms with Gasteiger partial charge in [-0.15, -0.1) is 0 Å². The van der Waals surface area contributed by atoms with Gasteiger partial charge in [0.1, 0.15) is 18.2 Å². The SMILES string of the molecule is CC[C@H](C)[C@H](CO)N1C(=O)[C@H]2[C@@H]3C(=O)N[C@H](c4ccccc4)COC(=O)CC/C=C\CN(c4ccc(N(CC)CC)cc4)C(=O)[C@H]1[C@@]21C=C[C@@H]3O1. The number of anilines is 2. The number of carbonyl (C=O) groups excluding carboxylic acids is 4. The molecule has 4 aliphatic rings. The normalized spacial score (nSPS) is 29.8. The van der Waals surface area contributed by atoms with Gasteiger partial charge in [0.05, 0.1) is 36.6 Å². The van der Waals surface area contributed by atoms with Crippen molar-refractivity contribution in [3.05, 3.63) is 84.5 Å². The lowest BCUT2D eigenvalue weighted by Gasteiger charge is -2.40. The van der Waals surface area contributed by atoms with Gasteiger partial charge in [-0.3, -0.25) is 19.2 Å². The van der Waals surface area contributed by atoms with Crippen molar-refractivity contribution in [3.63, 3.8) is 0 Å². The molecule has 0 aromatic heterocycles.